The summed E-state index contributed by atoms with van der Waals surface area (Å²) in [5.74, 6) is -1.89. The molecular weight excluding hydrogens is 312 g/mol. The first-order chi connectivity index (χ1) is 11.0. The fourth-order valence-electron chi connectivity index (χ4n) is 2.20. The zero-order chi connectivity index (χ0) is 16.4. The van der Waals surface area contributed by atoms with Crippen molar-refractivity contribution >= 4 is 23.3 Å². The van der Waals surface area contributed by atoms with E-state index < -0.39 is 11.9 Å². The summed E-state index contributed by atoms with van der Waals surface area (Å²) in [6.45, 7) is 0. The molecule has 114 valence electrons. The van der Waals surface area contributed by atoms with Gasteiger partial charge in [0.15, 0.2) is 0 Å². The first-order valence-corrected chi connectivity index (χ1v) is 7.63. The molecule has 0 radical (unpaired) electrons. The van der Waals surface area contributed by atoms with Gasteiger partial charge in [-0.3, -0.25) is 0 Å². The molecular formula is C18H12O4S. The van der Waals surface area contributed by atoms with Gasteiger partial charge < -0.3 is 10.2 Å². The Morgan fingerprint density at radius 1 is 0.609 bits per heavy atom. The monoisotopic (exact) mass is 324 g/mol. The lowest BCUT2D eigenvalue weighted by Crippen LogP contribution is -1.94. The van der Waals surface area contributed by atoms with Crippen LogP contribution in [0.2, 0.25) is 0 Å². The van der Waals surface area contributed by atoms with Crippen LogP contribution in [0, 0.1) is 0 Å². The van der Waals surface area contributed by atoms with E-state index in [9.17, 15) is 9.59 Å². The molecule has 0 spiro atoms. The van der Waals surface area contributed by atoms with Crippen LogP contribution in [-0.2, 0) is 0 Å². The molecule has 0 amide bonds. The van der Waals surface area contributed by atoms with E-state index in [0.717, 1.165) is 20.9 Å². The molecule has 0 saturated heterocycles. The van der Waals surface area contributed by atoms with Crippen LogP contribution >= 0.6 is 11.3 Å². The molecule has 5 heteroatoms. The third-order valence-corrected chi connectivity index (χ3v) is 4.62. The zero-order valence-electron chi connectivity index (χ0n) is 11.9. The molecule has 0 bridgehead atoms. The Morgan fingerprint density at radius 3 is 1.26 bits per heavy atom. The van der Waals surface area contributed by atoms with Gasteiger partial charge in [-0.25, -0.2) is 9.59 Å². The highest BCUT2D eigenvalue weighted by molar-refractivity contribution is 7.18. The van der Waals surface area contributed by atoms with Crippen molar-refractivity contribution in [3.8, 4) is 20.9 Å². The number of aromatic carboxylic acids is 2. The molecule has 1 heterocycles. The fourth-order valence-corrected chi connectivity index (χ4v) is 3.22. The van der Waals surface area contributed by atoms with E-state index in [0.29, 0.717) is 0 Å². The number of hydrogen-bond donors (Lipinski definition) is 2. The number of carbonyl (C=O) groups is 2. The van der Waals surface area contributed by atoms with Gasteiger partial charge in [-0.15, -0.1) is 11.3 Å². The van der Waals surface area contributed by atoms with Crippen LogP contribution < -0.4 is 0 Å². The molecule has 23 heavy (non-hydrogen) atoms. The second-order valence-corrected chi connectivity index (χ2v) is 6.01. The maximum absolute atomic E-state index is 10.9. The van der Waals surface area contributed by atoms with Gasteiger partial charge in [-0.2, -0.15) is 0 Å². The largest absolute Gasteiger partial charge is 0.478 e. The molecule has 0 atom stereocenters. The van der Waals surface area contributed by atoms with E-state index in [2.05, 4.69) is 0 Å². The SMILES string of the molecule is O=C(O)c1ccc(-c2ccc(-c3ccc(C(=O)O)cc3)s2)cc1. The average molecular weight is 324 g/mol. The molecule has 0 aliphatic heterocycles. The molecule has 0 aliphatic rings. The molecule has 2 aromatic carbocycles. The normalized spacial score (nSPS) is 10.4. The van der Waals surface area contributed by atoms with Crippen molar-refractivity contribution in [2.45, 2.75) is 0 Å². The average Bonchev–Trinajstić information content (AvgIpc) is 3.05. The van der Waals surface area contributed by atoms with Crippen LogP contribution in [0.5, 0.6) is 0 Å². The standard InChI is InChI=1S/C18H12O4S/c19-17(20)13-5-1-11(2-6-13)15-9-10-16(23-15)12-3-7-14(8-4-12)18(21)22/h1-10H,(H,19,20)(H,21,22). The maximum Gasteiger partial charge on any atom is 0.335 e. The second kappa shape index (κ2) is 6.06. The van der Waals surface area contributed by atoms with Crippen LogP contribution in [0.15, 0.2) is 60.7 Å². The van der Waals surface area contributed by atoms with Gasteiger partial charge in [-0.1, -0.05) is 24.3 Å². The van der Waals surface area contributed by atoms with Crippen molar-refractivity contribution in [1.82, 2.24) is 0 Å². The number of carboxylic acids is 2. The molecule has 1 aromatic heterocycles. The predicted octanol–water partition coefficient (Wildman–Crippen LogP) is 4.48. The number of thiophene rings is 1. The van der Waals surface area contributed by atoms with E-state index in [4.69, 9.17) is 10.2 Å². The topological polar surface area (TPSA) is 74.6 Å². The number of benzene rings is 2. The third kappa shape index (κ3) is 3.14. The second-order valence-electron chi connectivity index (χ2n) is 4.93. The molecule has 4 nitrogen and oxygen atoms in total. The summed E-state index contributed by atoms with van der Waals surface area (Å²) in [5, 5.41) is 17.8. The first kappa shape index (κ1) is 15.0. The Kier molecular flexibility index (Phi) is 3.95. The van der Waals surface area contributed by atoms with Gasteiger partial charge in [0.2, 0.25) is 0 Å². The fraction of sp³-hybridized carbons (Fsp3) is 0. The Morgan fingerprint density at radius 2 is 0.957 bits per heavy atom. The highest BCUT2D eigenvalue weighted by Gasteiger charge is 2.08. The number of hydrogen-bond acceptors (Lipinski definition) is 3. The summed E-state index contributed by atoms with van der Waals surface area (Å²) in [7, 11) is 0. The lowest BCUT2D eigenvalue weighted by molar-refractivity contribution is 0.0686. The Bertz CT molecular complexity index is 789. The minimum Gasteiger partial charge on any atom is -0.478 e. The molecule has 0 fully saturated rings. The van der Waals surface area contributed by atoms with Gasteiger partial charge in [0.25, 0.3) is 0 Å². The minimum atomic E-state index is -0.943. The van der Waals surface area contributed by atoms with Crippen molar-refractivity contribution < 1.29 is 19.8 Å². The van der Waals surface area contributed by atoms with Crippen LogP contribution in [0.4, 0.5) is 0 Å². The Hall–Kier alpha value is -2.92. The van der Waals surface area contributed by atoms with Gasteiger partial charge in [0.05, 0.1) is 11.1 Å². The van der Waals surface area contributed by atoms with Crippen LogP contribution in [0.1, 0.15) is 20.7 Å². The maximum atomic E-state index is 10.9. The lowest BCUT2D eigenvalue weighted by Gasteiger charge is -2.00. The smallest absolute Gasteiger partial charge is 0.335 e. The zero-order valence-corrected chi connectivity index (χ0v) is 12.7. The Balaban J connectivity index is 1.87. The van der Waals surface area contributed by atoms with Gasteiger partial charge in [0, 0.05) is 9.75 Å². The highest BCUT2D eigenvalue weighted by atomic mass is 32.1. The summed E-state index contributed by atoms with van der Waals surface area (Å²) < 4.78 is 0. The first-order valence-electron chi connectivity index (χ1n) is 6.82. The van der Waals surface area contributed by atoms with Crippen molar-refractivity contribution in [1.29, 1.82) is 0 Å². The summed E-state index contributed by atoms with van der Waals surface area (Å²) >= 11 is 1.57. The Labute approximate surface area is 136 Å². The van der Waals surface area contributed by atoms with Crippen molar-refractivity contribution in [2.24, 2.45) is 0 Å². The lowest BCUT2D eigenvalue weighted by atomic mass is 10.1. The van der Waals surface area contributed by atoms with Crippen molar-refractivity contribution in [3.63, 3.8) is 0 Å². The summed E-state index contributed by atoms with van der Waals surface area (Å²) in [5.41, 5.74) is 2.42. The highest BCUT2D eigenvalue weighted by Crippen LogP contribution is 2.34. The van der Waals surface area contributed by atoms with Gasteiger partial charge in [0.1, 0.15) is 0 Å². The molecule has 2 N–H and O–H groups in total. The van der Waals surface area contributed by atoms with E-state index in [1.165, 1.54) is 0 Å². The van der Waals surface area contributed by atoms with E-state index in [-0.39, 0.29) is 11.1 Å². The summed E-state index contributed by atoms with van der Waals surface area (Å²) in [6.07, 6.45) is 0. The van der Waals surface area contributed by atoms with Crippen molar-refractivity contribution in [2.75, 3.05) is 0 Å². The van der Waals surface area contributed by atoms with Crippen LogP contribution in [0.25, 0.3) is 20.9 Å². The number of rotatable bonds is 4. The van der Waals surface area contributed by atoms with Gasteiger partial charge >= 0.3 is 11.9 Å². The quantitative estimate of drug-likeness (QED) is 0.742. The third-order valence-electron chi connectivity index (χ3n) is 3.44. The summed E-state index contributed by atoms with van der Waals surface area (Å²) in [6, 6.07) is 17.4. The summed E-state index contributed by atoms with van der Waals surface area (Å²) in [4.78, 5) is 23.8. The molecule has 0 aliphatic carbocycles. The number of carboxylic acid groups (broad SMARTS) is 2. The molecule has 0 unspecified atom stereocenters. The molecule has 3 rings (SSSR count). The van der Waals surface area contributed by atoms with E-state index in [1.54, 1.807) is 59.9 Å². The predicted molar refractivity (Wildman–Crippen MR) is 89.1 cm³/mol. The van der Waals surface area contributed by atoms with Crippen molar-refractivity contribution in [3.05, 3.63) is 71.8 Å². The van der Waals surface area contributed by atoms with E-state index >= 15 is 0 Å². The molecule has 3 aromatic rings. The minimum absolute atomic E-state index is 0.259. The van der Waals surface area contributed by atoms with Crippen LogP contribution in [0.3, 0.4) is 0 Å². The molecule has 0 saturated carbocycles. The van der Waals surface area contributed by atoms with Gasteiger partial charge in [-0.05, 0) is 47.5 Å². The van der Waals surface area contributed by atoms with Crippen LogP contribution in [-0.4, -0.2) is 22.2 Å². The van der Waals surface area contributed by atoms with E-state index in [1.807, 2.05) is 12.1 Å².